The third-order valence-electron chi connectivity index (χ3n) is 6.90. The zero-order valence-corrected chi connectivity index (χ0v) is 18.5. The number of rotatable bonds is 7. The van der Waals surface area contributed by atoms with Crippen molar-refractivity contribution in [2.75, 3.05) is 0 Å². The van der Waals surface area contributed by atoms with Gasteiger partial charge in [0.1, 0.15) is 11.6 Å². The van der Waals surface area contributed by atoms with Gasteiger partial charge in [-0.2, -0.15) is 0 Å². The quantitative estimate of drug-likeness (QED) is 0.692. The van der Waals surface area contributed by atoms with Gasteiger partial charge in [0.15, 0.2) is 0 Å². The van der Waals surface area contributed by atoms with Crippen LogP contribution in [-0.2, 0) is 30.6 Å². The van der Waals surface area contributed by atoms with E-state index in [9.17, 15) is 19.5 Å². The molecule has 2 aromatic rings. The molecule has 1 saturated carbocycles. The molecule has 2 aliphatic rings. The lowest BCUT2D eigenvalue weighted by molar-refractivity contribution is -0.139. The summed E-state index contributed by atoms with van der Waals surface area (Å²) in [6.07, 6.45) is 9.88. The fourth-order valence-corrected chi connectivity index (χ4v) is 5.15. The third kappa shape index (κ3) is 5.12. The number of amides is 1. The Morgan fingerprint density at radius 2 is 1.75 bits per heavy atom. The Bertz CT molecular complexity index is 1020. The molecule has 32 heavy (non-hydrogen) atoms. The van der Waals surface area contributed by atoms with Gasteiger partial charge in [-0.25, -0.2) is 4.79 Å². The van der Waals surface area contributed by atoms with Crippen LogP contribution in [0.4, 0.5) is 0 Å². The molecule has 1 atom stereocenters. The van der Waals surface area contributed by atoms with Gasteiger partial charge in [0.25, 0.3) is 11.5 Å². The van der Waals surface area contributed by atoms with Crippen molar-refractivity contribution in [1.82, 2.24) is 9.88 Å². The van der Waals surface area contributed by atoms with E-state index in [-0.39, 0.29) is 17.5 Å². The van der Waals surface area contributed by atoms with E-state index in [1.165, 1.54) is 19.3 Å². The minimum Gasteiger partial charge on any atom is -0.480 e. The maximum absolute atomic E-state index is 13.4. The van der Waals surface area contributed by atoms with Crippen molar-refractivity contribution < 1.29 is 14.7 Å². The number of carboxylic acid groups (broad SMARTS) is 1. The lowest BCUT2D eigenvalue weighted by atomic mass is 9.88. The number of aliphatic carboxylic acids is 1. The Labute approximate surface area is 188 Å². The van der Waals surface area contributed by atoms with Crippen molar-refractivity contribution in [1.29, 1.82) is 0 Å². The first-order valence-corrected chi connectivity index (χ1v) is 11.9. The molecule has 1 aromatic heterocycles. The average Bonchev–Trinajstić information content (AvgIpc) is 2.81. The Hall–Kier alpha value is -2.89. The van der Waals surface area contributed by atoms with E-state index in [0.717, 1.165) is 55.3 Å². The molecule has 0 spiro atoms. The number of aromatic nitrogens is 1. The highest BCUT2D eigenvalue weighted by Gasteiger charge is 2.27. The number of pyridine rings is 1. The van der Waals surface area contributed by atoms with Crippen LogP contribution in [0.3, 0.4) is 0 Å². The molecule has 0 bridgehead atoms. The highest BCUT2D eigenvalue weighted by Crippen LogP contribution is 2.27. The minimum atomic E-state index is -1.11. The molecule has 0 unspecified atom stereocenters. The van der Waals surface area contributed by atoms with Crippen molar-refractivity contribution in [2.45, 2.75) is 76.8 Å². The molecular weight excluding hydrogens is 404 g/mol. The van der Waals surface area contributed by atoms with Gasteiger partial charge in [0.05, 0.1) is 0 Å². The van der Waals surface area contributed by atoms with Gasteiger partial charge in [0, 0.05) is 18.7 Å². The fourth-order valence-electron chi connectivity index (χ4n) is 5.15. The van der Waals surface area contributed by atoms with Crippen LogP contribution in [0.1, 0.15) is 72.1 Å². The van der Waals surface area contributed by atoms with Crippen LogP contribution in [-0.4, -0.2) is 27.6 Å². The number of nitrogens with zero attached hydrogens (tertiary/aromatic N) is 1. The molecule has 4 rings (SSSR count). The molecule has 0 radical (unpaired) electrons. The molecule has 1 heterocycles. The SMILES string of the molecule is O=C(N[C@@H](Cc1ccccc1)C(=O)O)c1cc2c(n(CC3CCCCC3)c1=O)CCCC2. The largest absolute Gasteiger partial charge is 0.480 e. The zero-order valence-electron chi connectivity index (χ0n) is 18.5. The Morgan fingerprint density at radius 1 is 1.03 bits per heavy atom. The monoisotopic (exact) mass is 436 g/mol. The number of nitrogens with one attached hydrogen (secondary N) is 1. The van der Waals surface area contributed by atoms with E-state index in [4.69, 9.17) is 0 Å². The lowest BCUT2D eigenvalue weighted by Crippen LogP contribution is -2.45. The van der Waals surface area contributed by atoms with Crippen LogP contribution in [0, 0.1) is 5.92 Å². The van der Waals surface area contributed by atoms with E-state index in [0.29, 0.717) is 12.5 Å². The van der Waals surface area contributed by atoms with E-state index < -0.39 is 17.9 Å². The minimum absolute atomic E-state index is 0.0702. The van der Waals surface area contributed by atoms with Crippen LogP contribution in [0.15, 0.2) is 41.2 Å². The summed E-state index contributed by atoms with van der Waals surface area (Å²) in [4.78, 5) is 38.4. The van der Waals surface area contributed by atoms with Crippen molar-refractivity contribution >= 4 is 11.9 Å². The van der Waals surface area contributed by atoms with Crippen LogP contribution in [0.5, 0.6) is 0 Å². The molecule has 1 amide bonds. The smallest absolute Gasteiger partial charge is 0.326 e. The number of carboxylic acids is 1. The Balaban J connectivity index is 1.61. The predicted octanol–water partition coefficient (Wildman–Crippen LogP) is 3.73. The van der Waals surface area contributed by atoms with Crippen molar-refractivity contribution in [3.05, 3.63) is 69.1 Å². The number of carbonyl (C=O) groups is 2. The Kier molecular flexibility index (Phi) is 7.08. The first-order valence-electron chi connectivity index (χ1n) is 11.9. The molecule has 0 saturated heterocycles. The standard InChI is InChI=1S/C26H32N2O4/c29-24(27-22(26(31)32)15-18-9-3-1-4-10-18)21-16-20-13-7-8-14-23(20)28(25(21)30)17-19-11-5-2-6-12-19/h1,3-4,9-10,16,19,22H,2,5-8,11-15,17H2,(H,27,29)(H,31,32)/t22-/m0/s1. The predicted molar refractivity (Wildman–Crippen MR) is 123 cm³/mol. The number of benzene rings is 1. The van der Waals surface area contributed by atoms with Crippen LogP contribution in [0.25, 0.3) is 0 Å². The topological polar surface area (TPSA) is 88.4 Å². The summed E-state index contributed by atoms with van der Waals surface area (Å²) < 4.78 is 1.84. The Morgan fingerprint density at radius 3 is 2.47 bits per heavy atom. The van der Waals surface area contributed by atoms with Crippen molar-refractivity contribution in [3.63, 3.8) is 0 Å². The number of hydrogen-bond acceptors (Lipinski definition) is 3. The van der Waals surface area contributed by atoms with Gasteiger partial charge in [-0.15, -0.1) is 0 Å². The second kappa shape index (κ2) is 10.2. The van der Waals surface area contributed by atoms with E-state index in [1.807, 2.05) is 34.9 Å². The molecule has 2 N–H and O–H groups in total. The number of aryl methyl sites for hydroxylation is 1. The van der Waals surface area contributed by atoms with Crippen molar-refractivity contribution in [3.8, 4) is 0 Å². The van der Waals surface area contributed by atoms with Crippen LogP contribution in [0.2, 0.25) is 0 Å². The molecule has 2 aliphatic carbocycles. The van der Waals surface area contributed by atoms with Crippen molar-refractivity contribution in [2.24, 2.45) is 5.92 Å². The van der Waals surface area contributed by atoms with Crippen LogP contribution < -0.4 is 10.9 Å². The summed E-state index contributed by atoms with van der Waals surface area (Å²) in [5, 5.41) is 12.3. The summed E-state index contributed by atoms with van der Waals surface area (Å²) >= 11 is 0. The van der Waals surface area contributed by atoms with Gasteiger partial charge in [-0.05, 0) is 61.6 Å². The fraction of sp³-hybridized carbons (Fsp3) is 0.500. The second-order valence-corrected chi connectivity index (χ2v) is 9.21. The number of carbonyl (C=O) groups excluding carboxylic acids is 1. The van der Waals surface area contributed by atoms with Gasteiger partial charge >= 0.3 is 5.97 Å². The molecule has 1 fully saturated rings. The number of hydrogen-bond donors (Lipinski definition) is 2. The zero-order chi connectivity index (χ0) is 22.5. The first kappa shape index (κ1) is 22.3. The van der Waals surface area contributed by atoms with Gasteiger partial charge < -0.3 is 15.0 Å². The van der Waals surface area contributed by atoms with E-state index in [2.05, 4.69) is 5.32 Å². The normalized spacial score (nSPS) is 17.4. The maximum Gasteiger partial charge on any atom is 0.326 e. The molecule has 6 nitrogen and oxygen atoms in total. The van der Waals surface area contributed by atoms with Gasteiger partial charge in [-0.1, -0.05) is 49.6 Å². The summed E-state index contributed by atoms with van der Waals surface area (Å²) in [7, 11) is 0. The highest BCUT2D eigenvalue weighted by molar-refractivity contribution is 5.96. The molecule has 0 aliphatic heterocycles. The molecular formula is C26H32N2O4. The number of fused-ring (bicyclic) bond motifs is 1. The molecule has 170 valence electrons. The van der Waals surface area contributed by atoms with Gasteiger partial charge in [0.2, 0.25) is 0 Å². The summed E-state index contributed by atoms with van der Waals surface area (Å²) in [6, 6.07) is 9.82. The highest BCUT2D eigenvalue weighted by atomic mass is 16.4. The second-order valence-electron chi connectivity index (χ2n) is 9.21. The average molecular weight is 437 g/mol. The summed E-state index contributed by atoms with van der Waals surface area (Å²) in [5.41, 5.74) is 2.74. The maximum atomic E-state index is 13.4. The van der Waals surface area contributed by atoms with Gasteiger partial charge in [-0.3, -0.25) is 9.59 Å². The third-order valence-corrected chi connectivity index (χ3v) is 6.90. The lowest BCUT2D eigenvalue weighted by Gasteiger charge is -2.27. The molecule has 6 heteroatoms. The van der Waals surface area contributed by atoms with E-state index in [1.54, 1.807) is 6.07 Å². The summed E-state index contributed by atoms with van der Waals surface area (Å²) in [5.74, 6) is -1.23. The molecule has 1 aromatic carbocycles. The summed E-state index contributed by atoms with van der Waals surface area (Å²) in [6.45, 7) is 0.661. The first-order chi connectivity index (χ1) is 15.5. The van der Waals surface area contributed by atoms with Crippen LogP contribution >= 0.6 is 0 Å². The van der Waals surface area contributed by atoms with E-state index >= 15 is 0 Å².